The molecule has 1 aliphatic heterocycles. The predicted molar refractivity (Wildman–Crippen MR) is 73.7 cm³/mol. The van der Waals surface area contributed by atoms with Gasteiger partial charge in [-0.1, -0.05) is 19.1 Å². The lowest BCUT2D eigenvalue weighted by Gasteiger charge is -2.30. The average Bonchev–Trinajstić information content (AvgIpc) is 2.99. The van der Waals surface area contributed by atoms with E-state index in [-0.39, 0.29) is 6.10 Å². The number of aromatic amines is 1. The van der Waals surface area contributed by atoms with Crippen molar-refractivity contribution in [1.82, 2.24) is 20.3 Å². The number of para-hydroxylation sites is 2. The molecule has 6 nitrogen and oxygen atoms in total. The number of hydrogen-bond acceptors (Lipinski definition) is 5. The molecule has 3 rings (SSSR count). The molecule has 0 fully saturated rings. The summed E-state index contributed by atoms with van der Waals surface area (Å²) < 4.78 is 11.7. The number of rotatable bonds is 5. The summed E-state index contributed by atoms with van der Waals surface area (Å²) in [7, 11) is 0. The molecule has 0 bridgehead atoms. The minimum absolute atomic E-state index is 0.0387. The summed E-state index contributed by atoms with van der Waals surface area (Å²) in [5.74, 6) is 1.64. The van der Waals surface area contributed by atoms with E-state index in [0.717, 1.165) is 36.8 Å². The van der Waals surface area contributed by atoms with Crippen LogP contribution in [0.5, 0.6) is 11.5 Å². The molecule has 1 aliphatic rings. The first kappa shape index (κ1) is 12.9. The van der Waals surface area contributed by atoms with Gasteiger partial charge in [-0.25, -0.2) is 0 Å². The van der Waals surface area contributed by atoms with Crippen LogP contribution >= 0.6 is 0 Å². The van der Waals surface area contributed by atoms with Crippen molar-refractivity contribution in [2.75, 3.05) is 19.7 Å². The van der Waals surface area contributed by atoms with Gasteiger partial charge in [0, 0.05) is 13.1 Å². The van der Waals surface area contributed by atoms with Crippen LogP contribution in [0.2, 0.25) is 0 Å². The zero-order valence-corrected chi connectivity index (χ0v) is 11.5. The van der Waals surface area contributed by atoms with E-state index in [4.69, 9.17) is 9.47 Å². The largest absolute Gasteiger partial charge is 0.486 e. The smallest absolute Gasteiger partial charge is 0.161 e. The summed E-state index contributed by atoms with van der Waals surface area (Å²) in [6.45, 7) is 5.19. The Morgan fingerprint density at radius 3 is 2.95 bits per heavy atom. The van der Waals surface area contributed by atoms with Crippen LogP contribution in [0.25, 0.3) is 0 Å². The number of ether oxygens (including phenoxy) is 2. The molecule has 1 atom stereocenters. The van der Waals surface area contributed by atoms with E-state index in [9.17, 15) is 0 Å². The van der Waals surface area contributed by atoms with Crippen molar-refractivity contribution in [1.29, 1.82) is 0 Å². The van der Waals surface area contributed by atoms with Crippen molar-refractivity contribution in [2.24, 2.45) is 0 Å². The minimum atomic E-state index is 0.0387. The Kier molecular flexibility index (Phi) is 3.83. The van der Waals surface area contributed by atoms with Crippen molar-refractivity contribution in [3.05, 3.63) is 36.2 Å². The van der Waals surface area contributed by atoms with Crippen LogP contribution < -0.4 is 9.47 Å². The van der Waals surface area contributed by atoms with Gasteiger partial charge in [-0.2, -0.15) is 15.4 Å². The fraction of sp³-hybridized carbons (Fsp3) is 0.429. The minimum Gasteiger partial charge on any atom is -0.486 e. The number of benzene rings is 1. The lowest BCUT2D eigenvalue weighted by atomic mass is 10.2. The normalized spacial score (nSPS) is 17.4. The van der Waals surface area contributed by atoms with Crippen LogP contribution in [0.3, 0.4) is 0 Å². The van der Waals surface area contributed by atoms with Gasteiger partial charge in [0.1, 0.15) is 12.7 Å². The fourth-order valence-electron chi connectivity index (χ4n) is 2.28. The van der Waals surface area contributed by atoms with Crippen LogP contribution in [0.1, 0.15) is 12.6 Å². The third-order valence-electron chi connectivity index (χ3n) is 3.33. The van der Waals surface area contributed by atoms with E-state index in [1.54, 1.807) is 6.20 Å². The van der Waals surface area contributed by atoms with Gasteiger partial charge in [0.15, 0.2) is 11.5 Å². The van der Waals surface area contributed by atoms with Gasteiger partial charge in [-0.05, 0) is 18.7 Å². The predicted octanol–water partition coefficient (Wildman–Crippen LogP) is 1.47. The fourth-order valence-corrected chi connectivity index (χ4v) is 2.28. The molecule has 1 aromatic heterocycles. The van der Waals surface area contributed by atoms with Gasteiger partial charge < -0.3 is 9.47 Å². The molecule has 20 heavy (non-hydrogen) atoms. The lowest BCUT2D eigenvalue weighted by molar-refractivity contribution is 0.0577. The number of H-pyrrole nitrogens is 1. The van der Waals surface area contributed by atoms with Crippen molar-refractivity contribution in [2.45, 2.75) is 19.6 Å². The van der Waals surface area contributed by atoms with Crippen LogP contribution in [0.15, 0.2) is 30.5 Å². The molecule has 0 spiro atoms. The number of nitrogens with one attached hydrogen (secondary N) is 1. The van der Waals surface area contributed by atoms with Gasteiger partial charge in [0.25, 0.3) is 0 Å². The molecule has 0 saturated heterocycles. The van der Waals surface area contributed by atoms with Crippen LogP contribution in [0, 0.1) is 0 Å². The highest BCUT2D eigenvalue weighted by molar-refractivity contribution is 5.40. The second kappa shape index (κ2) is 5.92. The Balaban J connectivity index is 1.60. The SMILES string of the molecule is CCN(Cc1cn[nH]n1)CC1COc2ccccc2O1. The molecule has 0 radical (unpaired) electrons. The summed E-state index contributed by atoms with van der Waals surface area (Å²) >= 11 is 0. The molecular weight excluding hydrogens is 256 g/mol. The number of likely N-dealkylation sites (N-methyl/N-ethyl adjacent to an activating group) is 1. The number of aromatic nitrogens is 3. The van der Waals surface area contributed by atoms with Gasteiger partial charge in [0.05, 0.1) is 11.9 Å². The van der Waals surface area contributed by atoms with Crippen LogP contribution in [0.4, 0.5) is 0 Å². The maximum atomic E-state index is 5.97. The molecule has 1 N–H and O–H groups in total. The van der Waals surface area contributed by atoms with Crippen molar-refractivity contribution in [3.8, 4) is 11.5 Å². The molecule has 106 valence electrons. The first-order valence-corrected chi connectivity index (χ1v) is 6.80. The molecule has 1 aromatic carbocycles. The standard InChI is InChI=1S/C14H18N4O2/c1-2-18(8-11-7-15-17-16-11)9-12-10-19-13-5-3-4-6-14(13)20-12/h3-7,12H,2,8-10H2,1H3,(H,15,16,17). The summed E-state index contributed by atoms with van der Waals surface area (Å²) in [4.78, 5) is 2.26. The Morgan fingerprint density at radius 2 is 2.20 bits per heavy atom. The zero-order valence-electron chi connectivity index (χ0n) is 11.5. The Bertz CT molecular complexity index is 544. The van der Waals surface area contributed by atoms with E-state index in [1.807, 2.05) is 24.3 Å². The molecule has 1 unspecified atom stereocenters. The number of hydrogen-bond donors (Lipinski definition) is 1. The van der Waals surface area contributed by atoms with E-state index >= 15 is 0 Å². The summed E-state index contributed by atoms with van der Waals surface area (Å²) in [5, 5.41) is 10.5. The molecule has 0 saturated carbocycles. The Labute approximate surface area is 117 Å². The van der Waals surface area contributed by atoms with Crippen molar-refractivity contribution < 1.29 is 9.47 Å². The second-order valence-corrected chi connectivity index (χ2v) is 4.79. The average molecular weight is 274 g/mol. The Hall–Kier alpha value is -2.08. The molecule has 0 amide bonds. The second-order valence-electron chi connectivity index (χ2n) is 4.79. The third kappa shape index (κ3) is 2.91. The van der Waals surface area contributed by atoms with E-state index in [1.165, 1.54) is 0 Å². The molecule has 2 aromatic rings. The van der Waals surface area contributed by atoms with Crippen LogP contribution in [-0.2, 0) is 6.54 Å². The van der Waals surface area contributed by atoms with Crippen LogP contribution in [-0.4, -0.2) is 46.1 Å². The zero-order chi connectivity index (χ0) is 13.8. The van der Waals surface area contributed by atoms with E-state index < -0.39 is 0 Å². The maximum absolute atomic E-state index is 5.97. The quantitative estimate of drug-likeness (QED) is 0.894. The van der Waals surface area contributed by atoms with Gasteiger partial charge in [-0.3, -0.25) is 4.90 Å². The highest BCUT2D eigenvalue weighted by atomic mass is 16.6. The first-order valence-electron chi connectivity index (χ1n) is 6.80. The van der Waals surface area contributed by atoms with Crippen molar-refractivity contribution in [3.63, 3.8) is 0 Å². The number of nitrogens with zero attached hydrogens (tertiary/aromatic N) is 3. The maximum Gasteiger partial charge on any atom is 0.161 e. The highest BCUT2D eigenvalue weighted by Crippen LogP contribution is 2.31. The lowest BCUT2D eigenvalue weighted by Crippen LogP contribution is -2.40. The summed E-state index contributed by atoms with van der Waals surface area (Å²) in [5.41, 5.74) is 0.934. The third-order valence-corrected chi connectivity index (χ3v) is 3.33. The van der Waals surface area contributed by atoms with Gasteiger partial charge in [0.2, 0.25) is 0 Å². The van der Waals surface area contributed by atoms with Gasteiger partial charge in [-0.15, -0.1) is 0 Å². The summed E-state index contributed by atoms with van der Waals surface area (Å²) in [6, 6.07) is 7.77. The van der Waals surface area contributed by atoms with Crippen molar-refractivity contribution >= 4 is 0 Å². The first-order chi connectivity index (χ1) is 9.85. The molecule has 6 heteroatoms. The van der Waals surface area contributed by atoms with E-state index in [2.05, 4.69) is 27.2 Å². The van der Waals surface area contributed by atoms with Gasteiger partial charge >= 0.3 is 0 Å². The highest BCUT2D eigenvalue weighted by Gasteiger charge is 2.22. The number of fused-ring (bicyclic) bond motifs is 1. The molecule has 2 heterocycles. The monoisotopic (exact) mass is 274 g/mol. The van der Waals surface area contributed by atoms with E-state index in [0.29, 0.717) is 6.61 Å². The summed E-state index contributed by atoms with van der Waals surface area (Å²) in [6.07, 6.45) is 1.78. The molecular formula is C14H18N4O2. The topological polar surface area (TPSA) is 63.3 Å². The molecule has 0 aliphatic carbocycles. The Morgan fingerprint density at radius 1 is 1.35 bits per heavy atom.